The first-order chi connectivity index (χ1) is 9.10. The Kier molecular flexibility index (Phi) is 4.01. The van der Waals surface area contributed by atoms with Crippen LogP contribution in [0.3, 0.4) is 0 Å². The lowest BCUT2D eigenvalue weighted by molar-refractivity contribution is -0.118. The topological polar surface area (TPSA) is 77.2 Å². The maximum atomic E-state index is 11.5. The third kappa shape index (κ3) is 3.23. The van der Waals surface area contributed by atoms with Crippen molar-refractivity contribution in [3.8, 4) is 5.75 Å². The number of aromatic nitrogens is 1. The van der Waals surface area contributed by atoms with Crippen LogP contribution in [-0.2, 0) is 4.79 Å². The van der Waals surface area contributed by atoms with Crippen LogP contribution in [0.15, 0.2) is 29.6 Å². The number of nitrogens with zero attached hydrogens (tertiary/aromatic N) is 1. The first-order valence-corrected chi connectivity index (χ1v) is 6.60. The molecule has 0 aliphatic rings. The molecule has 5 nitrogen and oxygen atoms in total. The summed E-state index contributed by atoms with van der Waals surface area (Å²) >= 11 is 1.49. The van der Waals surface area contributed by atoms with Crippen LogP contribution in [0.2, 0.25) is 0 Å². The van der Waals surface area contributed by atoms with E-state index in [0.717, 1.165) is 16.4 Å². The van der Waals surface area contributed by atoms with Gasteiger partial charge < -0.3 is 15.8 Å². The van der Waals surface area contributed by atoms with Crippen molar-refractivity contribution in [2.24, 2.45) is 5.73 Å². The molecule has 2 rings (SSSR count). The SMILES string of the molecule is COc1ccc(NC(C(N)=O)c2csc(C)n2)cc1. The van der Waals surface area contributed by atoms with E-state index in [4.69, 9.17) is 10.5 Å². The fourth-order valence-corrected chi connectivity index (χ4v) is 2.30. The molecule has 0 aliphatic carbocycles. The van der Waals surface area contributed by atoms with Gasteiger partial charge in [-0.1, -0.05) is 0 Å². The summed E-state index contributed by atoms with van der Waals surface area (Å²) in [7, 11) is 1.60. The number of hydrogen-bond acceptors (Lipinski definition) is 5. The summed E-state index contributed by atoms with van der Waals surface area (Å²) in [6.07, 6.45) is 0. The quantitative estimate of drug-likeness (QED) is 0.877. The van der Waals surface area contributed by atoms with Crippen molar-refractivity contribution in [1.29, 1.82) is 0 Å². The van der Waals surface area contributed by atoms with E-state index < -0.39 is 11.9 Å². The van der Waals surface area contributed by atoms with Crippen molar-refractivity contribution in [1.82, 2.24) is 4.98 Å². The molecule has 6 heteroatoms. The first-order valence-electron chi connectivity index (χ1n) is 5.72. The fraction of sp³-hybridized carbons (Fsp3) is 0.231. The number of ether oxygens (including phenoxy) is 1. The largest absolute Gasteiger partial charge is 0.497 e. The van der Waals surface area contributed by atoms with Crippen LogP contribution in [0.5, 0.6) is 5.75 Å². The number of nitrogens with one attached hydrogen (secondary N) is 1. The van der Waals surface area contributed by atoms with Gasteiger partial charge in [0.25, 0.3) is 0 Å². The number of primary amides is 1. The molecule has 1 unspecified atom stereocenters. The molecule has 0 aliphatic heterocycles. The Hall–Kier alpha value is -2.08. The Labute approximate surface area is 115 Å². The van der Waals surface area contributed by atoms with Gasteiger partial charge >= 0.3 is 0 Å². The minimum atomic E-state index is -0.627. The highest BCUT2D eigenvalue weighted by Gasteiger charge is 2.20. The van der Waals surface area contributed by atoms with Crippen LogP contribution >= 0.6 is 11.3 Å². The van der Waals surface area contributed by atoms with Crippen molar-refractivity contribution < 1.29 is 9.53 Å². The van der Waals surface area contributed by atoms with Gasteiger partial charge in [0.2, 0.25) is 5.91 Å². The van der Waals surface area contributed by atoms with Gasteiger partial charge in [-0.05, 0) is 31.2 Å². The summed E-state index contributed by atoms with van der Waals surface area (Å²) in [5.41, 5.74) is 6.85. The van der Waals surface area contributed by atoms with E-state index in [-0.39, 0.29) is 0 Å². The number of nitrogens with two attached hydrogens (primary N) is 1. The molecule has 2 aromatic rings. The maximum Gasteiger partial charge on any atom is 0.246 e. The van der Waals surface area contributed by atoms with Crippen molar-refractivity contribution in [3.05, 3.63) is 40.3 Å². The van der Waals surface area contributed by atoms with Gasteiger partial charge in [-0.2, -0.15) is 0 Å². The smallest absolute Gasteiger partial charge is 0.246 e. The van der Waals surface area contributed by atoms with Gasteiger partial charge in [0, 0.05) is 11.1 Å². The number of methoxy groups -OCH3 is 1. The van der Waals surface area contributed by atoms with Crippen LogP contribution in [-0.4, -0.2) is 18.0 Å². The lowest BCUT2D eigenvalue weighted by Gasteiger charge is -2.15. The number of aryl methyl sites for hydroxylation is 1. The first kappa shape index (κ1) is 13.4. The number of benzene rings is 1. The molecule has 19 heavy (non-hydrogen) atoms. The summed E-state index contributed by atoms with van der Waals surface area (Å²) in [4.78, 5) is 15.8. The number of hydrogen-bond donors (Lipinski definition) is 2. The van der Waals surface area contributed by atoms with E-state index in [9.17, 15) is 4.79 Å². The number of carbonyl (C=O) groups is 1. The fourth-order valence-electron chi connectivity index (χ4n) is 1.66. The maximum absolute atomic E-state index is 11.5. The summed E-state index contributed by atoms with van der Waals surface area (Å²) in [5.74, 6) is 0.298. The summed E-state index contributed by atoms with van der Waals surface area (Å²) in [5, 5.41) is 5.81. The van der Waals surface area contributed by atoms with Crippen molar-refractivity contribution in [2.75, 3.05) is 12.4 Å². The summed E-state index contributed by atoms with van der Waals surface area (Å²) in [6.45, 7) is 1.89. The van der Waals surface area contributed by atoms with Gasteiger partial charge in [0.15, 0.2) is 0 Å². The molecular formula is C13H15N3O2S. The van der Waals surface area contributed by atoms with E-state index in [2.05, 4.69) is 10.3 Å². The number of carbonyl (C=O) groups excluding carboxylic acids is 1. The summed E-state index contributed by atoms with van der Waals surface area (Å²) < 4.78 is 5.08. The molecule has 1 heterocycles. The second-order valence-electron chi connectivity index (χ2n) is 4.00. The normalized spacial score (nSPS) is 11.9. The van der Waals surface area contributed by atoms with E-state index in [1.807, 2.05) is 36.6 Å². The average Bonchev–Trinajstić information content (AvgIpc) is 2.82. The van der Waals surface area contributed by atoms with E-state index in [0.29, 0.717) is 5.69 Å². The minimum absolute atomic E-state index is 0.457. The third-order valence-corrected chi connectivity index (χ3v) is 3.41. The molecule has 0 bridgehead atoms. The number of amides is 1. The average molecular weight is 277 g/mol. The van der Waals surface area contributed by atoms with E-state index >= 15 is 0 Å². The van der Waals surface area contributed by atoms with Gasteiger partial charge in [-0.3, -0.25) is 4.79 Å². The number of anilines is 1. The minimum Gasteiger partial charge on any atom is -0.497 e. The van der Waals surface area contributed by atoms with Crippen LogP contribution in [0.25, 0.3) is 0 Å². The number of thiazole rings is 1. The van der Waals surface area contributed by atoms with E-state index in [1.165, 1.54) is 11.3 Å². The zero-order valence-electron chi connectivity index (χ0n) is 10.7. The predicted molar refractivity (Wildman–Crippen MR) is 75.4 cm³/mol. The summed E-state index contributed by atoms with van der Waals surface area (Å²) in [6, 6.07) is 6.65. The lowest BCUT2D eigenvalue weighted by Crippen LogP contribution is -2.28. The molecule has 0 saturated heterocycles. The molecule has 0 saturated carbocycles. The Morgan fingerprint density at radius 2 is 2.11 bits per heavy atom. The Morgan fingerprint density at radius 3 is 2.58 bits per heavy atom. The molecule has 100 valence electrons. The monoisotopic (exact) mass is 277 g/mol. The zero-order valence-corrected chi connectivity index (χ0v) is 11.5. The standard InChI is InChI=1S/C13H15N3O2S/c1-8-15-11(7-19-8)12(13(14)17)16-9-3-5-10(18-2)6-4-9/h3-7,12,16H,1-2H3,(H2,14,17). The second kappa shape index (κ2) is 5.71. The Bertz CT molecular complexity index is 566. The zero-order chi connectivity index (χ0) is 13.8. The van der Waals surface area contributed by atoms with Gasteiger partial charge in [0.05, 0.1) is 17.8 Å². The van der Waals surface area contributed by atoms with Crippen molar-refractivity contribution in [2.45, 2.75) is 13.0 Å². The van der Waals surface area contributed by atoms with Crippen LogP contribution in [0.1, 0.15) is 16.7 Å². The molecule has 1 aromatic carbocycles. The van der Waals surface area contributed by atoms with Crippen molar-refractivity contribution >= 4 is 22.9 Å². The highest BCUT2D eigenvalue weighted by Crippen LogP contribution is 2.22. The molecular weight excluding hydrogens is 262 g/mol. The number of rotatable bonds is 5. The molecule has 0 radical (unpaired) electrons. The van der Waals surface area contributed by atoms with Gasteiger partial charge in [-0.25, -0.2) is 4.98 Å². The molecule has 1 aromatic heterocycles. The highest BCUT2D eigenvalue weighted by molar-refractivity contribution is 7.09. The van der Waals surface area contributed by atoms with Gasteiger partial charge in [-0.15, -0.1) is 11.3 Å². The Morgan fingerprint density at radius 1 is 1.42 bits per heavy atom. The molecule has 3 N–H and O–H groups in total. The molecule has 0 spiro atoms. The molecule has 0 fully saturated rings. The Balaban J connectivity index is 2.18. The predicted octanol–water partition coefficient (Wildman–Crippen LogP) is 2.10. The van der Waals surface area contributed by atoms with Crippen LogP contribution in [0, 0.1) is 6.92 Å². The third-order valence-electron chi connectivity index (χ3n) is 2.62. The van der Waals surface area contributed by atoms with E-state index in [1.54, 1.807) is 7.11 Å². The van der Waals surface area contributed by atoms with Gasteiger partial charge in [0.1, 0.15) is 11.8 Å². The highest BCUT2D eigenvalue weighted by atomic mass is 32.1. The molecule has 1 amide bonds. The molecule has 1 atom stereocenters. The van der Waals surface area contributed by atoms with Crippen molar-refractivity contribution in [3.63, 3.8) is 0 Å². The second-order valence-corrected chi connectivity index (χ2v) is 5.06. The van der Waals surface area contributed by atoms with Crippen LogP contribution in [0.4, 0.5) is 5.69 Å². The lowest BCUT2D eigenvalue weighted by atomic mass is 10.2. The van der Waals surface area contributed by atoms with Crippen LogP contribution < -0.4 is 15.8 Å².